The lowest BCUT2D eigenvalue weighted by Gasteiger charge is -2.23. The molecule has 0 fully saturated rings. The summed E-state index contributed by atoms with van der Waals surface area (Å²) in [5.74, 6) is 0.805. The Kier molecular flexibility index (Phi) is 5.45. The van der Waals surface area contributed by atoms with Crippen molar-refractivity contribution in [2.45, 2.75) is 6.54 Å². The highest BCUT2D eigenvalue weighted by Gasteiger charge is 2.10. The molecule has 0 amide bonds. The monoisotopic (exact) mass is 285 g/mol. The number of rotatable bonds is 6. The summed E-state index contributed by atoms with van der Waals surface area (Å²) >= 11 is 3.36. The van der Waals surface area contributed by atoms with E-state index in [0.717, 1.165) is 15.9 Å². The average Bonchev–Trinajstić information content (AvgIpc) is 2.28. The second-order valence-electron chi connectivity index (χ2n) is 3.30. The number of aliphatic hydroxyl groups is 1. The van der Waals surface area contributed by atoms with E-state index >= 15 is 0 Å². The van der Waals surface area contributed by atoms with Crippen molar-refractivity contribution in [3.8, 4) is 0 Å². The zero-order valence-corrected chi connectivity index (χ0v) is 10.7. The number of nitrogens with two attached hydrogens (primary N) is 1. The Morgan fingerprint density at radius 3 is 2.94 bits per heavy atom. The molecule has 0 aliphatic rings. The smallest absolute Gasteiger partial charge is 0.133 e. The third kappa shape index (κ3) is 3.30. The molecule has 0 aliphatic heterocycles. The minimum absolute atomic E-state index is 0.0790. The van der Waals surface area contributed by atoms with Gasteiger partial charge in [0.25, 0.3) is 0 Å². The standard InChI is InChI=1S/C11H16BrN3O/c1-2-3-15(4-5-16)11-9(7-13)6-10(12)8-14-11/h2,6,8,16H,1,3-5,7,13H2. The first kappa shape index (κ1) is 13.2. The van der Waals surface area contributed by atoms with Gasteiger partial charge in [0.1, 0.15) is 5.82 Å². The Morgan fingerprint density at radius 2 is 2.38 bits per heavy atom. The summed E-state index contributed by atoms with van der Waals surface area (Å²) in [4.78, 5) is 6.27. The van der Waals surface area contributed by atoms with Crippen LogP contribution in [0.3, 0.4) is 0 Å². The van der Waals surface area contributed by atoms with Crippen LogP contribution in [-0.2, 0) is 6.54 Å². The molecule has 1 rings (SSSR count). The van der Waals surface area contributed by atoms with E-state index in [1.54, 1.807) is 12.3 Å². The first-order valence-electron chi connectivity index (χ1n) is 5.04. The molecular formula is C11H16BrN3O. The van der Waals surface area contributed by atoms with E-state index in [9.17, 15) is 0 Å². The second-order valence-corrected chi connectivity index (χ2v) is 4.21. The maximum Gasteiger partial charge on any atom is 0.133 e. The molecule has 0 radical (unpaired) electrons. The molecule has 0 atom stereocenters. The molecule has 0 aromatic carbocycles. The molecule has 0 aliphatic carbocycles. The quantitative estimate of drug-likeness (QED) is 0.773. The van der Waals surface area contributed by atoms with E-state index in [-0.39, 0.29) is 6.61 Å². The number of nitrogens with zero attached hydrogens (tertiary/aromatic N) is 2. The van der Waals surface area contributed by atoms with E-state index < -0.39 is 0 Å². The second kappa shape index (κ2) is 6.62. The van der Waals surface area contributed by atoms with Gasteiger partial charge in [-0.2, -0.15) is 0 Å². The molecule has 1 heterocycles. The number of aliphatic hydroxyl groups excluding tert-OH is 1. The Morgan fingerprint density at radius 1 is 1.62 bits per heavy atom. The average molecular weight is 286 g/mol. The van der Waals surface area contributed by atoms with Crippen LogP contribution in [0, 0.1) is 0 Å². The van der Waals surface area contributed by atoms with Crippen LogP contribution in [0.25, 0.3) is 0 Å². The summed E-state index contributed by atoms with van der Waals surface area (Å²) in [7, 11) is 0. The number of hydrogen-bond donors (Lipinski definition) is 2. The van der Waals surface area contributed by atoms with Crippen molar-refractivity contribution in [2.24, 2.45) is 5.73 Å². The van der Waals surface area contributed by atoms with E-state index in [4.69, 9.17) is 10.8 Å². The topological polar surface area (TPSA) is 62.4 Å². The predicted octanol–water partition coefficient (Wildman–Crippen LogP) is 1.29. The third-order valence-electron chi connectivity index (χ3n) is 2.15. The molecule has 5 heteroatoms. The normalized spacial score (nSPS) is 10.2. The number of aromatic nitrogens is 1. The van der Waals surface area contributed by atoms with Gasteiger partial charge in [-0.15, -0.1) is 6.58 Å². The number of anilines is 1. The van der Waals surface area contributed by atoms with E-state index in [2.05, 4.69) is 27.5 Å². The summed E-state index contributed by atoms with van der Waals surface area (Å²) in [6, 6.07) is 1.94. The van der Waals surface area contributed by atoms with Gasteiger partial charge in [0.05, 0.1) is 6.61 Å². The fraction of sp³-hybridized carbons (Fsp3) is 0.364. The zero-order valence-electron chi connectivity index (χ0n) is 9.06. The molecule has 0 bridgehead atoms. The van der Waals surface area contributed by atoms with Crippen LogP contribution in [0.5, 0.6) is 0 Å². The Balaban J connectivity index is 3.01. The number of hydrogen-bond acceptors (Lipinski definition) is 4. The van der Waals surface area contributed by atoms with Crippen LogP contribution >= 0.6 is 15.9 Å². The Labute approximate surface area is 104 Å². The number of pyridine rings is 1. The van der Waals surface area contributed by atoms with E-state index in [1.165, 1.54) is 0 Å². The summed E-state index contributed by atoms with van der Waals surface area (Å²) in [6.45, 7) is 5.35. The fourth-order valence-electron chi connectivity index (χ4n) is 1.47. The molecular weight excluding hydrogens is 270 g/mol. The minimum atomic E-state index is 0.0790. The SMILES string of the molecule is C=CCN(CCO)c1ncc(Br)cc1CN. The molecule has 0 saturated carbocycles. The van der Waals surface area contributed by atoms with Gasteiger partial charge >= 0.3 is 0 Å². The van der Waals surface area contributed by atoms with Gasteiger partial charge in [-0.1, -0.05) is 6.08 Å². The van der Waals surface area contributed by atoms with Crippen LogP contribution in [0.4, 0.5) is 5.82 Å². The van der Waals surface area contributed by atoms with Crippen LogP contribution < -0.4 is 10.6 Å². The van der Waals surface area contributed by atoms with Crippen LogP contribution in [-0.4, -0.2) is 29.8 Å². The largest absolute Gasteiger partial charge is 0.395 e. The maximum atomic E-state index is 9.00. The van der Waals surface area contributed by atoms with Crippen molar-refractivity contribution in [3.05, 3.63) is 35.0 Å². The van der Waals surface area contributed by atoms with E-state index in [1.807, 2.05) is 11.0 Å². The van der Waals surface area contributed by atoms with Crippen LogP contribution in [0.2, 0.25) is 0 Å². The van der Waals surface area contributed by atoms with Crippen molar-refractivity contribution >= 4 is 21.7 Å². The van der Waals surface area contributed by atoms with Crippen molar-refractivity contribution in [3.63, 3.8) is 0 Å². The third-order valence-corrected chi connectivity index (χ3v) is 2.58. The van der Waals surface area contributed by atoms with Crippen LogP contribution in [0.15, 0.2) is 29.4 Å². The predicted molar refractivity (Wildman–Crippen MR) is 69.3 cm³/mol. The molecule has 0 spiro atoms. The zero-order chi connectivity index (χ0) is 12.0. The minimum Gasteiger partial charge on any atom is -0.395 e. The maximum absolute atomic E-state index is 9.00. The summed E-state index contributed by atoms with van der Waals surface area (Å²) in [5, 5.41) is 9.00. The molecule has 4 nitrogen and oxygen atoms in total. The highest BCUT2D eigenvalue weighted by molar-refractivity contribution is 9.10. The summed E-state index contributed by atoms with van der Waals surface area (Å²) < 4.78 is 0.902. The lowest BCUT2D eigenvalue weighted by Crippen LogP contribution is -2.29. The molecule has 88 valence electrons. The highest BCUT2D eigenvalue weighted by atomic mass is 79.9. The van der Waals surface area contributed by atoms with Crippen molar-refractivity contribution < 1.29 is 5.11 Å². The Hall–Kier alpha value is -0.910. The molecule has 16 heavy (non-hydrogen) atoms. The first-order valence-corrected chi connectivity index (χ1v) is 5.83. The summed E-state index contributed by atoms with van der Waals surface area (Å²) in [5.41, 5.74) is 6.62. The Bertz CT molecular complexity index is 357. The van der Waals surface area contributed by atoms with Crippen molar-refractivity contribution in [1.82, 2.24) is 4.98 Å². The van der Waals surface area contributed by atoms with Gasteiger partial charge in [-0.25, -0.2) is 4.98 Å². The van der Waals surface area contributed by atoms with Crippen molar-refractivity contribution in [2.75, 3.05) is 24.6 Å². The fourth-order valence-corrected chi connectivity index (χ4v) is 1.85. The van der Waals surface area contributed by atoms with Gasteiger partial charge in [0, 0.05) is 35.9 Å². The highest BCUT2D eigenvalue weighted by Crippen LogP contribution is 2.21. The van der Waals surface area contributed by atoms with Gasteiger partial charge in [0.15, 0.2) is 0 Å². The van der Waals surface area contributed by atoms with Gasteiger partial charge in [0.2, 0.25) is 0 Å². The molecule has 1 aromatic rings. The number of halogens is 1. The van der Waals surface area contributed by atoms with Gasteiger partial charge in [-0.05, 0) is 22.0 Å². The lowest BCUT2D eigenvalue weighted by atomic mass is 10.2. The van der Waals surface area contributed by atoms with E-state index in [0.29, 0.717) is 19.6 Å². The van der Waals surface area contributed by atoms with Crippen molar-refractivity contribution in [1.29, 1.82) is 0 Å². The molecule has 0 saturated heterocycles. The summed E-state index contributed by atoms with van der Waals surface area (Å²) in [6.07, 6.45) is 3.50. The molecule has 1 aromatic heterocycles. The lowest BCUT2D eigenvalue weighted by molar-refractivity contribution is 0.302. The molecule has 0 unspecified atom stereocenters. The van der Waals surface area contributed by atoms with Gasteiger partial charge < -0.3 is 15.7 Å². The van der Waals surface area contributed by atoms with Crippen LogP contribution in [0.1, 0.15) is 5.56 Å². The first-order chi connectivity index (χ1) is 7.72. The molecule has 3 N–H and O–H groups in total. The van der Waals surface area contributed by atoms with Gasteiger partial charge in [-0.3, -0.25) is 0 Å².